The van der Waals surface area contributed by atoms with Gasteiger partial charge in [0.25, 0.3) is 0 Å². The third kappa shape index (κ3) is 7.40. The Morgan fingerprint density at radius 2 is 1.28 bits per heavy atom. The number of aryl methyl sites for hydroxylation is 6. The molecule has 0 amide bonds. The average molecular weight is 462 g/mol. The Hall–Kier alpha value is -1.75. The van der Waals surface area contributed by atoms with Gasteiger partial charge in [-0.2, -0.15) is 0 Å². The summed E-state index contributed by atoms with van der Waals surface area (Å²) in [7, 11) is -2.93. The molecule has 5 nitrogen and oxygen atoms in total. The quantitative estimate of drug-likeness (QED) is 0.380. The Balaban J connectivity index is 0.00000363. The molecule has 32 heavy (non-hydrogen) atoms. The van der Waals surface area contributed by atoms with Crippen molar-refractivity contribution in [3.8, 4) is 17.2 Å². The molecule has 0 heterocycles. The summed E-state index contributed by atoms with van der Waals surface area (Å²) >= 11 is 0. The average Bonchev–Trinajstić information content (AvgIpc) is 2.68. The van der Waals surface area contributed by atoms with Crippen LogP contribution in [0.25, 0.3) is 0 Å². The largest absolute Gasteiger partial charge is 1.00 e. The maximum Gasteiger partial charge on any atom is 1.00 e. The van der Waals surface area contributed by atoms with Gasteiger partial charge in [0.1, 0.15) is 17.2 Å². The van der Waals surface area contributed by atoms with E-state index in [4.69, 9.17) is 13.8 Å². The molecule has 7 heteroatoms. The van der Waals surface area contributed by atoms with E-state index in [1.807, 2.05) is 70.2 Å². The van der Waals surface area contributed by atoms with Crippen molar-refractivity contribution in [2.45, 2.75) is 40.5 Å². The van der Waals surface area contributed by atoms with Crippen molar-refractivity contribution in [3.63, 3.8) is 0 Å². The molecule has 3 rings (SSSR count). The Labute approximate surface area is 212 Å². The zero-order valence-corrected chi connectivity index (χ0v) is 22.5. The number of phosphoric ester groups is 1. The number of hydrogen-bond donors (Lipinski definition) is 0. The van der Waals surface area contributed by atoms with Crippen LogP contribution in [0.4, 0.5) is 0 Å². The van der Waals surface area contributed by atoms with Crippen molar-refractivity contribution < 1.29 is 52.8 Å². The minimum atomic E-state index is -4.58. The molecule has 164 valence electrons. The van der Waals surface area contributed by atoms with Crippen molar-refractivity contribution in [3.05, 3.63) is 88.0 Å². The fraction of sp³-hybridized carbons (Fsp3) is 0.280. The van der Waals surface area contributed by atoms with E-state index >= 15 is 0 Å². The monoisotopic (exact) mass is 462 g/mol. The van der Waals surface area contributed by atoms with Gasteiger partial charge in [-0.1, -0.05) is 30.3 Å². The molecule has 1 unspecified atom stereocenters. The Morgan fingerprint density at radius 3 is 1.81 bits per heavy atom. The van der Waals surface area contributed by atoms with Crippen LogP contribution in [0.5, 0.6) is 17.2 Å². The summed E-state index contributed by atoms with van der Waals surface area (Å²) in [6, 6.07) is 17.2. The summed E-state index contributed by atoms with van der Waals surface area (Å²) in [6.07, 6.45) is 1.71. The fourth-order valence-electron chi connectivity index (χ4n) is 3.65. The maximum absolute atomic E-state index is 12.5. The van der Waals surface area contributed by atoms with E-state index in [-0.39, 0.29) is 35.3 Å². The first-order valence-corrected chi connectivity index (χ1v) is 11.6. The number of ether oxygens (including phenoxy) is 1. The molecule has 0 fully saturated rings. The van der Waals surface area contributed by atoms with Gasteiger partial charge in [0.2, 0.25) is 0 Å². The van der Waals surface area contributed by atoms with Crippen molar-refractivity contribution in [2.24, 2.45) is 0 Å². The van der Waals surface area contributed by atoms with E-state index < -0.39 is 7.82 Å². The molecule has 3 aromatic carbocycles. The first-order chi connectivity index (χ1) is 14.6. The van der Waals surface area contributed by atoms with Gasteiger partial charge in [-0.15, -0.1) is 0 Å². The van der Waals surface area contributed by atoms with Gasteiger partial charge in [0.05, 0.1) is 7.11 Å². The van der Waals surface area contributed by atoms with E-state index in [2.05, 4.69) is 0 Å². The molecule has 0 bridgehead atoms. The topological polar surface area (TPSA) is 67.8 Å². The molecule has 0 saturated heterocycles. The first-order valence-electron chi connectivity index (χ1n) is 10.2. The van der Waals surface area contributed by atoms with E-state index in [0.717, 1.165) is 46.4 Å². The molecule has 0 aromatic heterocycles. The molecule has 0 aliphatic heterocycles. The Kier molecular flexibility index (Phi) is 9.44. The molecule has 0 aliphatic carbocycles. The summed E-state index contributed by atoms with van der Waals surface area (Å²) in [5.41, 5.74) is 5.68. The summed E-state index contributed by atoms with van der Waals surface area (Å²) in [5, 5.41) is 0. The predicted octanol–water partition coefficient (Wildman–Crippen LogP) is 2.64. The molecule has 0 saturated carbocycles. The third-order valence-electron chi connectivity index (χ3n) is 5.00. The maximum atomic E-state index is 12.5. The van der Waals surface area contributed by atoms with Gasteiger partial charge in [0, 0.05) is 0 Å². The standard InChI is InChI=1S/C25H29O5P.Na/c1-17-12-18(2)14-24(13-17)29-31(26,27)30-25-19(3)15-22(16-20(25)4)7-6-21-8-10-23(28-5)11-9-21;/h8-16H,6-7H2,1-5H3,(H,26,27);/q;+1/p-1. The molecule has 3 aromatic rings. The first kappa shape index (κ1) is 26.5. The molecular formula is C25H28NaO5P. The van der Waals surface area contributed by atoms with E-state index in [1.54, 1.807) is 19.2 Å². The van der Waals surface area contributed by atoms with Crippen LogP contribution in [0.3, 0.4) is 0 Å². The van der Waals surface area contributed by atoms with Crippen LogP contribution in [0, 0.1) is 27.7 Å². The van der Waals surface area contributed by atoms with Crippen LogP contribution in [0.15, 0.2) is 54.6 Å². The minimum Gasteiger partial charge on any atom is -0.736 e. The Morgan fingerprint density at radius 1 is 0.750 bits per heavy atom. The second kappa shape index (κ2) is 11.4. The zero-order valence-electron chi connectivity index (χ0n) is 19.6. The van der Waals surface area contributed by atoms with Gasteiger partial charge in [-0.3, -0.25) is 0 Å². The molecule has 0 spiro atoms. The van der Waals surface area contributed by atoms with E-state index in [0.29, 0.717) is 5.75 Å². The van der Waals surface area contributed by atoms with Crippen molar-refractivity contribution in [1.29, 1.82) is 0 Å². The number of benzene rings is 3. The predicted molar refractivity (Wildman–Crippen MR) is 121 cm³/mol. The molecule has 0 N–H and O–H groups in total. The summed E-state index contributed by atoms with van der Waals surface area (Å²) in [4.78, 5) is 12.5. The van der Waals surface area contributed by atoms with Crippen molar-refractivity contribution >= 4 is 7.82 Å². The second-order valence-electron chi connectivity index (χ2n) is 7.86. The fourth-order valence-corrected chi connectivity index (χ4v) is 4.57. The normalized spacial score (nSPS) is 12.4. The number of methoxy groups -OCH3 is 1. The molecule has 0 radical (unpaired) electrons. The van der Waals surface area contributed by atoms with Crippen LogP contribution in [-0.4, -0.2) is 7.11 Å². The summed E-state index contributed by atoms with van der Waals surface area (Å²) in [5.74, 6) is 1.40. The van der Waals surface area contributed by atoms with Gasteiger partial charge >= 0.3 is 37.4 Å². The van der Waals surface area contributed by atoms with Crippen LogP contribution in [0.1, 0.15) is 33.4 Å². The molecule has 0 aliphatic rings. The SMILES string of the molecule is COc1ccc(CCc2cc(C)c(OP(=O)([O-])Oc3cc(C)cc(C)c3)c(C)c2)cc1.[Na+]. The van der Waals surface area contributed by atoms with E-state index in [1.165, 1.54) is 5.56 Å². The van der Waals surface area contributed by atoms with Gasteiger partial charge < -0.3 is 18.7 Å². The van der Waals surface area contributed by atoms with E-state index in [9.17, 15) is 9.46 Å². The van der Waals surface area contributed by atoms with Crippen molar-refractivity contribution in [1.82, 2.24) is 0 Å². The number of phosphoric acid groups is 1. The molecule has 1 atom stereocenters. The second-order valence-corrected chi connectivity index (χ2v) is 9.12. The van der Waals surface area contributed by atoms with Crippen LogP contribution >= 0.6 is 7.82 Å². The van der Waals surface area contributed by atoms with Crippen LogP contribution in [-0.2, 0) is 17.4 Å². The van der Waals surface area contributed by atoms with Crippen LogP contribution < -0.4 is 48.2 Å². The third-order valence-corrected chi connectivity index (χ3v) is 5.84. The molecular weight excluding hydrogens is 434 g/mol. The van der Waals surface area contributed by atoms with Crippen LogP contribution in [0.2, 0.25) is 0 Å². The number of hydrogen-bond acceptors (Lipinski definition) is 5. The minimum absolute atomic E-state index is 0. The summed E-state index contributed by atoms with van der Waals surface area (Å²) < 4.78 is 28.3. The van der Waals surface area contributed by atoms with Gasteiger partial charge in [-0.05, 0) is 98.2 Å². The van der Waals surface area contributed by atoms with Gasteiger partial charge in [-0.25, -0.2) is 4.57 Å². The smallest absolute Gasteiger partial charge is 0.736 e. The van der Waals surface area contributed by atoms with Crippen molar-refractivity contribution in [2.75, 3.05) is 7.11 Å². The summed E-state index contributed by atoms with van der Waals surface area (Å²) in [6.45, 7) is 7.46. The number of rotatable bonds is 8. The Bertz CT molecular complexity index is 1070. The zero-order chi connectivity index (χ0) is 22.6. The van der Waals surface area contributed by atoms with Gasteiger partial charge in [0.15, 0.2) is 0 Å².